The van der Waals surface area contributed by atoms with Crippen molar-refractivity contribution in [2.24, 2.45) is 0 Å². The number of nitrogens with zero attached hydrogens (tertiary/aromatic N) is 1. The molecule has 0 radical (unpaired) electrons. The number of anilines is 1. The molecule has 16 heavy (non-hydrogen) atoms. The van der Waals surface area contributed by atoms with Gasteiger partial charge in [-0.05, 0) is 33.6 Å². The van der Waals surface area contributed by atoms with Gasteiger partial charge in [0, 0.05) is 6.61 Å². The zero-order valence-electron chi connectivity index (χ0n) is 9.89. The van der Waals surface area contributed by atoms with Crippen LogP contribution in [0.1, 0.15) is 31.2 Å². The van der Waals surface area contributed by atoms with Gasteiger partial charge in [0.15, 0.2) is 0 Å². The number of carbonyl (C=O) groups excluding carboxylic acids is 1. The Morgan fingerprint density at radius 3 is 2.81 bits per heavy atom. The molecular formula is C11H17N3O2. The number of aromatic nitrogens is 2. The maximum atomic E-state index is 12.1. The summed E-state index contributed by atoms with van der Waals surface area (Å²) in [5.41, 5.74) is 1.75. The second-order valence-corrected chi connectivity index (χ2v) is 4.45. The highest BCUT2D eigenvalue weighted by molar-refractivity contribution is 5.98. The summed E-state index contributed by atoms with van der Waals surface area (Å²) >= 11 is 0. The molecule has 1 aromatic rings. The zero-order chi connectivity index (χ0) is 11.8. The van der Waals surface area contributed by atoms with Crippen molar-refractivity contribution < 1.29 is 9.53 Å². The first kappa shape index (κ1) is 11.1. The van der Waals surface area contributed by atoms with Crippen molar-refractivity contribution in [3.8, 4) is 0 Å². The van der Waals surface area contributed by atoms with Crippen LogP contribution in [0.5, 0.6) is 0 Å². The number of nitrogens with one attached hydrogen (secondary N) is 2. The van der Waals surface area contributed by atoms with Crippen LogP contribution in [0.3, 0.4) is 0 Å². The maximum Gasteiger partial charge on any atom is 0.256 e. The largest absolute Gasteiger partial charge is 0.365 e. The summed E-state index contributed by atoms with van der Waals surface area (Å²) in [6.07, 6.45) is 1.71. The van der Waals surface area contributed by atoms with Gasteiger partial charge in [0.05, 0.1) is 17.1 Å². The van der Waals surface area contributed by atoms with E-state index < -0.39 is 5.60 Å². The smallest absolute Gasteiger partial charge is 0.256 e. The Balaban J connectivity index is 2.13. The first-order chi connectivity index (χ1) is 7.53. The highest BCUT2D eigenvalue weighted by Crippen LogP contribution is 2.27. The van der Waals surface area contributed by atoms with E-state index in [1.807, 2.05) is 20.8 Å². The molecular weight excluding hydrogens is 206 g/mol. The van der Waals surface area contributed by atoms with Crippen LogP contribution < -0.4 is 5.32 Å². The highest BCUT2D eigenvalue weighted by Gasteiger charge is 2.38. The van der Waals surface area contributed by atoms with Crippen LogP contribution in [-0.4, -0.2) is 28.3 Å². The summed E-state index contributed by atoms with van der Waals surface area (Å²) in [6, 6.07) is 0. The number of carbonyl (C=O) groups is 1. The SMILES string of the molecule is Cc1n[nH]c(C)c1NC(=O)C1(C)CCCO1. The average molecular weight is 223 g/mol. The lowest BCUT2D eigenvalue weighted by Crippen LogP contribution is -2.39. The third-order valence-corrected chi connectivity index (χ3v) is 3.07. The fourth-order valence-electron chi connectivity index (χ4n) is 1.94. The van der Waals surface area contributed by atoms with Gasteiger partial charge in [0.25, 0.3) is 5.91 Å². The number of aryl methyl sites for hydroxylation is 2. The van der Waals surface area contributed by atoms with Gasteiger partial charge in [-0.2, -0.15) is 5.10 Å². The Labute approximate surface area is 94.6 Å². The normalized spacial score (nSPS) is 24.7. The van der Waals surface area contributed by atoms with Crippen LogP contribution in [0.15, 0.2) is 0 Å². The molecule has 0 aliphatic carbocycles. The first-order valence-corrected chi connectivity index (χ1v) is 5.50. The zero-order valence-corrected chi connectivity index (χ0v) is 9.89. The quantitative estimate of drug-likeness (QED) is 0.799. The van der Waals surface area contributed by atoms with Crippen molar-refractivity contribution in [1.29, 1.82) is 0 Å². The van der Waals surface area contributed by atoms with Crippen molar-refractivity contribution in [3.63, 3.8) is 0 Å². The molecule has 0 saturated carbocycles. The Morgan fingerprint density at radius 1 is 1.56 bits per heavy atom. The van der Waals surface area contributed by atoms with E-state index in [1.165, 1.54) is 0 Å². The molecule has 5 nitrogen and oxygen atoms in total. The van der Waals surface area contributed by atoms with Gasteiger partial charge in [0.1, 0.15) is 5.60 Å². The summed E-state index contributed by atoms with van der Waals surface area (Å²) in [5, 5.41) is 9.76. The third-order valence-electron chi connectivity index (χ3n) is 3.07. The minimum Gasteiger partial charge on any atom is -0.365 e. The molecule has 1 unspecified atom stereocenters. The summed E-state index contributed by atoms with van der Waals surface area (Å²) in [5.74, 6) is -0.0856. The lowest BCUT2D eigenvalue weighted by molar-refractivity contribution is -0.133. The predicted octanol–water partition coefficient (Wildman–Crippen LogP) is 1.53. The van der Waals surface area contributed by atoms with E-state index in [0.717, 1.165) is 29.9 Å². The van der Waals surface area contributed by atoms with Crippen LogP contribution in [-0.2, 0) is 9.53 Å². The molecule has 0 spiro atoms. The Morgan fingerprint density at radius 2 is 2.31 bits per heavy atom. The number of H-pyrrole nitrogens is 1. The van der Waals surface area contributed by atoms with Gasteiger partial charge < -0.3 is 10.1 Å². The molecule has 0 aromatic carbocycles. The van der Waals surface area contributed by atoms with Crippen LogP contribution in [0.4, 0.5) is 5.69 Å². The van der Waals surface area contributed by atoms with E-state index in [0.29, 0.717) is 6.61 Å². The topological polar surface area (TPSA) is 67.0 Å². The second-order valence-electron chi connectivity index (χ2n) is 4.45. The molecule has 1 atom stereocenters. The molecule has 2 N–H and O–H groups in total. The van der Waals surface area contributed by atoms with Crippen LogP contribution >= 0.6 is 0 Å². The van der Waals surface area contributed by atoms with Gasteiger partial charge in [-0.25, -0.2) is 0 Å². The van der Waals surface area contributed by atoms with E-state index in [2.05, 4.69) is 15.5 Å². The van der Waals surface area contributed by atoms with Crippen LogP contribution in [0.25, 0.3) is 0 Å². The first-order valence-electron chi connectivity index (χ1n) is 5.50. The van der Waals surface area contributed by atoms with Crippen molar-refractivity contribution in [2.45, 2.75) is 39.2 Å². The molecule has 1 fully saturated rings. The lowest BCUT2D eigenvalue weighted by Gasteiger charge is -2.21. The molecule has 1 aromatic heterocycles. The Hall–Kier alpha value is -1.36. The standard InChI is InChI=1S/C11H17N3O2/c1-7-9(8(2)14-13-7)12-10(15)11(3)5-4-6-16-11/h4-6H2,1-3H3,(H,12,15)(H,13,14). The van der Waals surface area contributed by atoms with Crippen molar-refractivity contribution in [1.82, 2.24) is 10.2 Å². The van der Waals surface area contributed by atoms with Gasteiger partial charge in [0.2, 0.25) is 0 Å². The molecule has 88 valence electrons. The number of amides is 1. The Kier molecular flexibility index (Phi) is 2.71. The van der Waals surface area contributed by atoms with Crippen molar-refractivity contribution in [3.05, 3.63) is 11.4 Å². The van der Waals surface area contributed by atoms with Gasteiger partial charge in [-0.1, -0.05) is 0 Å². The molecule has 2 heterocycles. The molecule has 1 aliphatic heterocycles. The minimum atomic E-state index is -0.684. The minimum absolute atomic E-state index is 0.0856. The second kappa shape index (κ2) is 3.90. The number of hydrogen-bond acceptors (Lipinski definition) is 3. The van der Waals surface area contributed by atoms with Crippen molar-refractivity contribution in [2.75, 3.05) is 11.9 Å². The average Bonchev–Trinajstić information content (AvgIpc) is 2.80. The van der Waals surface area contributed by atoms with Crippen LogP contribution in [0, 0.1) is 13.8 Å². The fraction of sp³-hybridized carbons (Fsp3) is 0.636. The fourth-order valence-corrected chi connectivity index (χ4v) is 1.94. The number of aromatic amines is 1. The molecule has 1 saturated heterocycles. The van der Waals surface area contributed by atoms with Gasteiger partial charge in [-0.3, -0.25) is 9.89 Å². The maximum absolute atomic E-state index is 12.1. The Bertz CT molecular complexity index is 386. The molecule has 1 aliphatic rings. The van der Waals surface area contributed by atoms with E-state index in [4.69, 9.17) is 4.74 Å². The molecule has 1 amide bonds. The number of hydrogen-bond donors (Lipinski definition) is 2. The van der Waals surface area contributed by atoms with E-state index in [1.54, 1.807) is 0 Å². The van der Waals surface area contributed by atoms with Gasteiger partial charge in [-0.15, -0.1) is 0 Å². The summed E-state index contributed by atoms with van der Waals surface area (Å²) in [4.78, 5) is 12.1. The molecule has 2 rings (SSSR count). The van der Waals surface area contributed by atoms with E-state index in [9.17, 15) is 4.79 Å². The number of ether oxygens (including phenoxy) is 1. The van der Waals surface area contributed by atoms with Gasteiger partial charge >= 0.3 is 0 Å². The predicted molar refractivity (Wildman–Crippen MR) is 60.3 cm³/mol. The number of rotatable bonds is 2. The third kappa shape index (κ3) is 1.82. The summed E-state index contributed by atoms with van der Waals surface area (Å²) in [6.45, 7) is 6.23. The highest BCUT2D eigenvalue weighted by atomic mass is 16.5. The summed E-state index contributed by atoms with van der Waals surface area (Å²) < 4.78 is 5.49. The summed E-state index contributed by atoms with van der Waals surface area (Å²) in [7, 11) is 0. The van der Waals surface area contributed by atoms with Crippen molar-refractivity contribution >= 4 is 11.6 Å². The van der Waals surface area contributed by atoms with E-state index >= 15 is 0 Å². The molecule has 0 bridgehead atoms. The monoisotopic (exact) mass is 223 g/mol. The van der Waals surface area contributed by atoms with Crippen LogP contribution in [0.2, 0.25) is 0 Å². The molecule has 5 heteroatoms. The lowest BCUT2D eigenvalue weighted by atomic mass is 10.0. The van der Waals surface area contributed by atoms with E-state index in [-0.39, 0.29) is 5.91 Å².